The molecule has 0 bridgehead atoms. The molecule has 1 aromatic rings. The summed E-state index contributed by atoms with van der Waals surface area (Å²) in [7, 11) is -6.60. The van der Waals surface area contributed by atoms with E-state index in [0.29, 0.717) is 19.3 Å². The van der Waals surface area contributed by atoms with E-state index in [1.54, 1.807) is 12.1 Å². The van der Waals surface area contributed by atoms with Gasteiger partial charge in [0.05, 0.1) is 22.0 Å². The molecule has 0 aliphatic carbocycles. The number of hydrogen-bond donors (Lipinski definition) is 1. The van der Waals surface area contributed by atoms with Gasteiger partial charge in [0.2, 0.25) is 10.0 Å². The van der Waals surface area contributed by atoms with E-state index in [1.807, 2.05) is 6.07 Å². The second-order valence-electron chi connectivity index (χ2n) is 5.42. The quantitative estimate of drug-likeness (QED) is 0.778. The first kappa shape index (κ1) is 16.9. The van der Waals surface area contributed by atoms with Gasteiger partial charge in [-0.25, -0.2) is 21.6 Å². The Morgan fingerprint density at radius 3 is 2.68 bits per heavy atom. The first-order valence-corrected chi connectivity index (χ1v) is 10.3. The molecule has 1 aliphatic heterocycles. The fourth-order valence-electron chi connectivity index (χ4n) is 2.57. The van der Waals surface area contributed by atoms with Gasteiger partial charge < -0.3 is 0 Å². The van der Waals surface area contributed by atoms with Gasteiger partial charge in [0.25, 0.3) is 0 Å². The van der Waals surface area contributed by atoms with Crippen molar-refractivity contribution >= 4 is 19.9 Å². The molecule has 6 nitrogen and oxygen atoms in total. The molecule has 1 atom stereocenters. The summed E-state index contributed by atoms with van der Waals surface area (Å²) in [5, 5.41) is 8.95. The van der Waals surface area contributed by atoms with Gasteiger partial charge in [0.15, 0.2) is 9.84 Å². The van der Waals surface area contributed by atoms with Crippen molar-refractivity contribution in [1.29, 1.82) is 5.26 Å². The molecule has 22 heavy (non-hydrogen) atoms. The van der Waals surface area contributed by atoms with Crippen LogP contribution in [-0.2, 0) is 19.9 Å². The maximum absolute atomic E-state index is 12.2. The van der Waals surface area contributed by atoms with Crippen LogP contribution in [0.4, 0.5) is 0 Å². The molecule has 1 heterocycles. The van der Waals surface area contributed by atoms with Crippen molar-refractivity contribution in [3.05, 3.63) is 29.8 Å². The lowest BCUT2D eigenvalue weighted by Gasteiger charge is -2.10. The molecule has 1 saturated heterocycles. The van der Waals surface area contributed by atoms with Crippen LogP contribution >= 0.6 is 0 Å². The molecule has 1 aliphatic rings. The average Bonchev–Trinajstić information content (AvgIpc) is 2.83. The van der Waals surface area contributed by atoms with Gasteiger partial charge in [-0.1, -0.05) is 12.1 Å². The van der Waals surface area contributed by atoms with Crippen LogP contribution in [0.3, 0.4) is 0 Å². The Balaban J connectivity index is 1.87. The lowest BCUT2D eigenvalue weighted by atomic mass is 10.0. The van der Waals surface area contributed by atoms with Crippen LogP contribution in [0.15, 0.2) is 29.2 Å². The zero-order valence-corrected chi connectivity index (χ0v) is 13.7. The second kappa shape index (κ2) is 6.77. The molecule has 1 fully saturated rings. The minimum absolute atomic E-state index is 0.0269. The van der Waals surface area contributed by atoms with Crippen LogP contribution < -0.4 is 4.72 Å². The van der Waals surface area contributed by atoms with Crippen LogP contribution in [0.25, 0.3) is 0 Å². The Labute approximate surface area is 131 Å². The topological polar surface area (TPSA) is 104 Å². The standard InChI is InChI=1S/C14H18N2O4S2/c15-10-13-5-1-2-6-14(13)22(19,20)16-8-3-4-12-7-9-21(17,18)11-12/h1-2,5-6,12,16H,3-4,7-9,11H2. The van der Waals surface area contributed by atoms with Crippen molar-refractivity contribution in [3.8, 4) is 6.07 Å². The summed E-state index contributed by atoms with van der Waals surface area (Å²) in [5.41, 5.74) is 0.108. The SMILES string of the molecule is N#Cc1ccccc1S(=O)(=O)NCCCC1CCS(=O)(=O)C1. The summed E-state index contributed by atoms with van der Waals surface area (Å²) in [6.45, 7) is 0.235. The van der Waals surface area contributed by atoms with Crippen LogP contribution in [0.5, 0.6) is 0 Å². The summed E-state index contributed by atoms with van der Waals surface area (Å²) < 4.78 is 49.5. The normalized spacial score (nSPS) is 20.6. The Kier molecular flexibility index (Phi) is 5.21. The monoisotopic (exact) mass is 342 g/mol. The third-order valence-electron chi connectivity index (χ3n) is 3.70. The predicted molar refractivity (Wildman–Crippen MR) is 82.3 cm³/mol. The van der Waals surface area contributed by atoms with Crippen molar-refractivity contribution in [1.82, 2.24) is 4.72 Å². The molecular weight excluding hydrogens is 324 g/mol. The van der Waals surface area contributed by atoms with Gasteiger partial charge in [-0.2, -0.15) is 5.26 Å². The number of hydrogen-bond acceptors (Lipinski definition) is 5. The molecule has 0 aromatic heterocycles. The highest BCUT2D eigenvalue weighted by molar-refractivity contribution is 7.91. The lowest BCUT2D eigenvalue weighted by Crippen LogP contribution is -2.26. The molecule has 0 amide bonds. The minimum atomic E-state index is -3.71. The lowest BCUT2D eigenvalue weighted by molar-refractivity contribution is 0.512. The van der Waals surface area contributed by atoms with E-state index >= 15 is 0 Å². The Morgan fingerprint density at radius 1 is 1.32 bits per heavy atom. The van der Waals surface area contributed by atoms with Gasteiger partial charge in [0.1, 0.15) is 6.07 Å². The number of rotatable bonds is 6. The molecular formula is C14H18N2O4S2. The van der Waals surface area contributed by atoms with Crippen LogP contribution in [-0.4, -0.2) is 34.9 Å². The van der Waals surface area contributed by atoms with E-state index in [9.17, 15) is 16.8 Å². The minimum Gasteiger partial charge on any atom is -0.229 e. The molecule has 0 radical (unpaired) electrons. The summed E-state index contributed by atoms with van der Waals surface area (Å²) in [5.74, 6) is 0.566. The summed E-state index contributed by atoms with van der Waals surface area (Å²) >= 11 is 0. The van der Waals surface area contributed by atoms with Crippen molar-refractivity contribution in [2.75, 3.05) is 18.1 Å². The maximum Gasteiger partial charge on any atom is 0.241 e. The highest BCUT2D eigenvalue weighted by Gasteiger charge is 2.27. The number of nitrogens with one attached hydrogen (secondary N) is 1. The molecule has 2 rings (SSSR count). The largest absolute Gasteiger partial charge is 0.241 e. The number of sulfone groups is 1. The zero-order valence-electron chi connectivity index (χ0n) is 12.0. The van der Waals surface area contributed by atoms with Crippen molar-refractivity contribution in [2.45, 2.75) is 24.2 Å². The third-order valence-corrected chi connectivity index (χ3v) is 7.06. The van der Waals surface area contributed by atoms with Crippen molar-refractivity contribution in [3.63, 3.8) is 0 Å². The van der Waals surface area contributed by atoms with E-state index in [0.717, 1.165) is 0 Å². The van der Waals surface area contributed by atoms with E-state index in [1.165, 1.54) is 12.1 Å². The van der Waals surface area contributed by atoms with Crippen LogP contribution in [0.1, 0.15) is 24.8 Å². The highest BCUT2D eigenvalue weighted by atomic mass is 32.2. The first-order chi connectivity index (χ1) is 10.3. The maximum atomic E-state index is 12.2. The molecule has 1 unspecified atom stereocenters. The molecule has 1 N–H and O–H groups in total. The van der Waals surface area contributed by atoms with Crippen molar-refractivity contribution in [2.24, 2.45) is 5.92 Å². The van der Waals surface area contributed by atoms with E-state index in [4.69, 9.17) is 5.26 Å². The van der Waals surface area contributed by atoms with Gasteiger partial charge in [-0.3, -0.25) is 0 Å². The summed E-state index contributed by atoms with van der Waals surface area (Å²) in [4.78, 5) is -0.0269. The first-order valence-electron chi connectivity index (χ1n) is 7.03. The van der Waals surface area contributed by atoms with Gasteiger partial charge in [-0.05, 0) is 37.3 Å². The van der Waals surface area contributed by atoms with Crippen LogP contribution in [0.2, 0.25) is 0 Å². The summed E-state index contributed by atoms with van der Waals surface area (Å²) in [6.07, 6.45) is 1.92. The number of sulfonamides is 1. The second-order valence-corrected chi connectivity index (χ2v) is 9.38. The molecule has 0 saturated carbocycles. The smallest absolute Gasteiger partial charge is 0.229 e. The van der Waals surface area contributed by atoms with Gasteiger partial charge in [-0.15, -0.1) is 0 Å². The molecule has 0 spiro atoms. The Morgan fingerprint density at radius 2 is 2.05 bits per heavy atom. The third kappa shape index (κ3) is 4.29. The zero-order chi connectivity index (χ0) is 16.2. The summed E-state index contributed by atoms with van der Waals surface area (Å²) in [6, 6.07) is 7.89. The van der Waals surface area contributed by atoms with Crippen LogP contribution in [0, 0.1) is 17.2 Å². The number of nitrogens with zero attached hydrogens (tertiary/aromatic N) is 1. The predicted octanol–water partition coefficient (Wildman–Crippen LogP) is 1.05. The molecule has 8 heteroatoms. The Hall–Kier alpha value is -1.43. The van der Waals surface area contributed by atoms with Gasteiger partial charge >= 0.3 is 0 Å². The van der Waals surface area contributed by atoms with E-state index < -0.39 is 19.9 Å². The van der Waals surface area contributed by atoms with E-state index in [-0.39, 0.29) is 34.4 Å². The number of nitriles is 1. The fraction of sp³-hybridized carbons (Fsp3) is 0.500. The number of benzene rings is 1. The van der Waals surface area contributed by atoms with E-state index in [2.05, 4.69) is 4.72 Å². The highest BCUT2D eigenvalue weighted by Crippen LogP contribution is 2.22. The fourth-order valence-corrected chi connectivity index (χ4v) is 5.71. The Bertz CT molecular complexity index is 779. The average molecular weight is 342 g/mol. The van der Waals surface area contributed by atoms with Crippen molar-refractivity contribution < 1.29 is 16.8 Å². The molecule has 120 valence electrons. The molecule has 1 aromatic carbocycles. The van der Waals surface area contributed by atoms with Gasteiger partial charge in [0, 0.05) is 6.54 Å².